The van der Waals surface area contributed by atoms with Crippen molar-refractivity contribution in [3.05, 3.63) is 21.9 Å². The van der Waals surface area contributed by atoms with Crippen LogP contribution in [0.2, 0.25) is 0 Å². The third-order valence-corrected chi connectivity index (χ3v) is 3.22. The summed E-state index contributed by atoms with van der Waals surface area (Å²) in [6.07, 6.45) is 0.655. The van der Waals surface area contributed by atoms with E-state index in [-0.39, 0.29) is 18.5 Å². The molecular formula is C12H22ClNOS. The van der Waals surface area contributed by atoms with E-state index in [0.29, 0.717) is 12.5 Å². The van der Waals surface area contributed by atoms with E-state index in [1.165, 1.54) is 9.75 Å². The largest absolute Gasteiger partial charge is 0.392 e. The van der Waals surface area contributed by atoms with Crippen molar-refractivity contribution in [3.63, 3.8) is 0 Å². The van der Waals surface area contributed by atoms with Crippen LogP contribution in [0.1, 0.15) is 30.0 Å². The Balaban J connectivity index is 0.00000225. The SMILES string of the molecule is Cc1ccc(CNCC(O)CC(C)C)s1.Cl. The van der Waals surface area contributed by atoms with Crippen LogP contribution in [0.25, 0.3) is 0 Å². The molecule has 0 spiro atoms. The van der Waals surface area contributed by atoms with Gasteiger partial charge in [-0.15, -0.1) is 23.7 Å². The van der Waals surface area contributed by atoms with E-state index < -0.39 is 0 Å². The normalized spacial score (nSPS) is 12.6. The van der Waals surface area contributed by atoms with E-state index in [1.54, 1.807) is 0 Å². The van der Waals surface area contributed by atoms with Gasteiger partial charge in [0.2, 0.25) is 0 Å². The molecule has 1 rings (SSSR count). The molecule has 0 aromatic carbocycles. The van der Waals surface area contributed by atoms with Gasteiger partial charge in [-0.3, -0.25) is 0 Å². The maximum Gasteiger partial charge on any atom is 0.0667 e. The molecule has 1 unspecified atom stereocenters. The lowest BCUT2D eigenvalue weighted by Crippen LogP contribution is -2.27. The maximum atomic E-state index is 9.64. The molecule has 0 aliphatic heterocycles. The molecule has 0 aliphatic rings. The lowest BCUT2D eigenvalue weighted by molar-refractivity contribution is 0.146. The van der Waals surface area contributed by atoms with Gasteiger partial charge in [-0.2, -0.15) is 0 Å². The number of nitrogens with one attached hydrogen (secondary N) is 1. The topological polar surface area (TPSA) is 32.3 Å². The Morgan fingerprint density at radius 2 is 2.06 bits per heavy atom. The molecule has 0 saturated heterocycles. The van der Waals surface area contributed by atoms with Crippen LogP contribution in [0.3, 0.4) is 0 Å². The minimum atomic E-state index is -0.217. The Hall–Kier alpha value is -0.0900. The van der Waals surface area contributed by atoms with Crippen LogP contribution < -0.4 is 5.32 Å². The summed E-state index contributed by atoms with van der Waals surface area (Å²) in [4.78, 5) is 2.68. The van der Waals surface area contributed by atoms with Crippen LogP contribution in [-0.2, 0) is 6.54 Å². The van der Waals surface area contributed by atoms with E-state index in [1.807, 2.05) is 11.3 Å². The second-order valence-corrected chi connectivity index (χ2v) is 5.80. The third kappa shape index (κ3) is 6.48. The van der Waals surface area contributed by atoms with Crippen LogP contribution in [0, 0.1) is 12.8 Å². The van der Waals surface area contributed by atoms with Crippen molar-refractivity contribution < 1.29 is 5.11 Å². The number of hydrogen-bond acceptors (Lipinski definition) is 3. The molecule has 94 valence electrons. The number of thiophene rings is 1. The molecule has 0 bridgehead atoms. The molecule has 0 radical (unpaired) electrons. The second kappa shape index (κ2) is 8.07. The molecule has 0 amide bonds. The fourth-order valence-electron chi connectivity index (χ4n) is 1.57. The van der Waals surface area contributed by atoms with Crippen LogP contribution in [0.5, 0.6) is 0 Å². The van der Waals surface area contributed by atoms with Crippen LogP contribution in [0.4, 0.5) is 0 Å². The highest BCUT2D eigenvalue weighted by atomic mass is 35.5. The van der Waals surface area contributed by atoms with Gasteiger partial charge in [0, 0.05) is 22.8 Å². The number of hydrogen-bond donors (Lipinski definition) is 2. The minimum Gasteiger partial charge on any atom is -0.392 e. The summed E-state index contributed by atoms with van der Waals surface area (Å²) < 4.78 is 0. The van der Waals surface area contributed by atoms with Crippen LogP contribution in [-0.4, -0.2) is 17.8 Å². The quantitative estimate of drug-likeness (QED) is 0.827. The molecule has 2 nitrogen and oxygen atoms in total. The standard InChI is InChI=1S/C12H21NOS.ClH/c1-9(2)6-11(14)7-13-8-12-5-4-10(3)15-12;/h4-5,9,11,13-14H,6-8H2,1-3H3;1H. The van der Waals surface area contributed by atoms with Crippen LogP contribution in [0.15, 0.2) is 12.1 Å². The van der Waals surface area contributed by atoms with Gasteiger partial charge in [0.15, 0.2) is 0 Å². The first kappa shape index (κ1) is 15.9. The first-order valence-corrected chi connectivity index (χ1v) is 6.33. The van der Waals surface area contributed by atoms with Gasteiger partial charge in [0.1, 0.15) is 0 Å². The predicted octanol–water partition coefficient (Wildman–Crippen LogP) is 2.97. The Bertz CT molecular complexity index is 288. The number of aliphatic hydroxyl groups excluding tert-OH is 1. The Morgan fingerprint density at radius 1 is 1.38 bits per heavy atom. The summed E-state index contributed by atoms with van der Waals surface area (Å²) in [5.41, 5.74) is 0. The third-order valence-electron chi connectivity index (χ3n) is 2.22. The Morgan fingerprint density at radius 3 is 2.56 bits per heavy atom. The molecule has 0 aliphatic carbocycles. The van der Waals surface area contributed by atoms with Crippen LogP contribution >= 0.6 is 23.7 Å². The van der Waals surface area contributed by atoms with E-state index in [2.05, 4.69) is 38.2 Å². The molecule has 1 aromatic heterocycles. The molecule has 0 fully saturated rings. The predicted molar refractivity (Wildman–Crippen MR) is 73.5 cm³/mol. The molecule has 2 N–H and O–H groups in total. The highest BCUT2D eigenvalue weighted by Gasteiger charge is 2.06. The lowest BCUT2D eigenvalue weighted by atomic mass is 10.1. The zero-order chi connectivity index (χ0) is 11.3. The van der Waals surface area contributed by atoms with Gasteiger partial charge in [0.05, 0.1) is 6.10 Å². The second-order valence-electron chi connectivity index (χ2n) is 4.43. The maximum absolute atomic E-state index is 9.64. The van der Waals surface area contributed by atoms with Gasteiger partial charge >= 0.3 is 0 Å². The molecule has 4 heteroatoms. The van der Waals surface area contributed by atoms with Gasteiger partial charge in [-0.1, -0.05) is 13.8 Å². The first-order valence-electron chi connectivity index (χ1n) is 5.52. The number of rotatable bonds is 6. The first-order chi connectivity index (χ1) is 7.08. The van der Waals surface area contributed by atoms with Crippen molar-refractivity contribution in [2.75, 3.05) is 6.54 Å². The molecule has 1 heterocycles. The average Bonchev–Trinajstić information content (AvgIpc) is 2.50. The van der Waals surface area contributed by atoms with Crippen molar-refractivity contribution in [2.24, 2.45) is 5.92 Å². The van der Waals surface area contributed by atoms with E-state index in [9.17, 15) is 5.11 Å². The summed E-state index contributed by atoms with van der Waals surface area (Å²) in [7, 11) is 0. The van der Waals surface area contributed by atoms with Crippen molar-refractivity contribution in [2.45, 2.75) is 39.8 Å². The fourth-order valence-corrected chi connectivity index (χ4v) is 2.43. The summed E-state index contributed by atoms with van der Waals surface area (Å²) >= 11 is 1.81. The average molecular weight is 264 g/mol. The number of aliphatic hydroxyl groups is 1. The lowest BCUT2D eigenvalue weighted by Gasteiger charge is -2.13. The monoisotopic (exact) mass is 263 g/mol. The Labute approximate surface area is 108 Å². The zero-order valence-corrected chi connectivity index (χ0v) is 11.8. The van der Waals surface area contributed by atoms with Crippen molar-refractivity contribution in [3.8, 4) is 0 Å². The molecule has 0 saturated carbocycles. The molecule has 1 atom stereocenters. The number of aryl methyl sites for hydroxylation is 1. The summed E-state index contributed by atoms with van der Waals surface area (Å²) in [5, 5.41) is 12.9. The fraction of sp³-hybridized carbons (Fsp3) is 0.667. The van der Waals surface area contributed by atoms with Crippen molar-refractivity contribution in [1.82, 2.24) is 5.32 Å². The molecule has 16 heavy (non-hydrogen) atoms. The number of halogens is 1. The van der Waals surface area contributed by atoms with Gasteiger partial charge in [-0.25, -0.2) is 0 Å². The van der Waals surface area contributed by atoms with E-state index in [4.69, 9.17) is 0 Å². The highest BCUT2D eigenvalue weighted by Crippen LogP contribution is 2.14. The van der Waals surface area contributed by atoms with Crippen molar-refractivity contribution >= 4 is 23.7 Å². The van der Waals surface area contributed by atoms with E-state index >= 15 is 0 Å². The molecular weight excluding hydrogens is 242 g/mol. The summed E-state index contributed by atoms with van der Waals surface area (Å²) in [6, 6.07) is 4.27. The summed E-state index contributed by atoms with van der Waals surface area (Å²) in [6.45, 7) is 7.93. The Kier molecular flexibility index (Phi) is 8.02. The molecule has 1 aromatic rings. The smallest absolute Gasteiger partial charge is 0.0667 e. The minimum absolute atomic E-state index is 0. The van der Waals surface area contributed by atoms with Gasteiger partial charge < -0.3 is 10.4 Å². The van der Waals surface area contributed by atoms with E-state index in [0.717, 1.165) is 13.0 Å². The van der Waals surface area contributed by atoms with Gasteiger partial charge in [-0.05, 0) is 31.4 Å². The highest BCUT2D eigenvalue weighted by molar-refractivity contribution is 7.11. The van der Waals surface area contributed by atoms with Crippen molar-refractivity contribution in [1.29, 1.82) is 0 Å². The van der Waals surface area contributed by atoms with Gasteiger partial charge in [0.25, 0.3) is 0 Å². The zero-order valence-electron chi connectivity index (χ0n) is 10.2. The summed E-state index contributed by atoms with van der Waals surface area (Å²) in [5.74, 6) is 0.561.